The molecule has 4 aromatic carbocycles. The summed E-state index contributed by atoms with van der Waals surface area (Å²) in [5.41, 5.74) is 1.67. The van der Waals surface area contributed by atoms with Crippen LogP contribution in [0.4, 0.5) is 31.8 Å². The molecule has 2 aliphatic rings. The molecular weight excluding hydrogens is 897 g/mol. The number of carbonyl (C=O) groups excluding carboxylic acids is 2. The van der Waals surface area contributed by atoms with Crippen LogP contribution in [0.15, 0.2) is 73.3 Å². The van der Waals surface area contributed by atoms with Crippen molar-refractivity contribution in [3.8, 4) is 23.0 Å². The molecule has 8 rings (SSSR count). The van der Waals surface area contributed by atoms with E-state index in [2.05, 4.69) is 51.0 Å². The summed E-state index contributed by atoms with van der Waals surface area (Å²) >= 11 is 11.8. The molecule has 6 aromatic rings. The molecule has 0 saturated carbocycles. The Labute approximate surface area is 390 Å². The summed E-state index contributed by atoms with van der Waals surface area (Å²) in [6.45, 7) is 3.82. The monoisotopic (exact) mass is 946 g/mol. The summed E-state index contributed by atoms with van der Waals surface area (Å²) in [7, 11) is 6.42. The van der Waals surface area contributed by atoms with E-state index in [-0.39, 0.29) is 45.4 Å². The number of benzene rings is 4. The highest BCUT2D eigenvalue weighted by Gasteiger charge is 2.26. The number of methoxy groups -OCH3 is 2. The van der Waals surface area contributed by atoms with Crippen molar-refractivity contribution < 1.29 is 37.3 Å². The molecule has 0 spiro atoms. The Kier molecular flexibility index (Phi) is 16.0. The standard InChI is InChI=1S/2C23H25ClFN5O3/c2*1-26-21(31)12-30-8-6-14(7-9-30)33-20-10-15-18(11-19(20)32-2)27-13-28-23(15)29-17-5-3-4-16(24)22(17)25/h2*3-5,10-11,13-14H,6-9,12H2,1-2H3,(H,26,31)(H,27,28,29). The number of nitrogens with one attached hydrogen (secondary N) is 4. The van der Waals surface area contributed by atoms with Gasteiger partial charge in [-0.15, -0.1) is 0 Å². The molecule has 0 bridgehead atoms. The highest BCUT2D eigenvalue weighted by Crippen LogP contribution is 2.39. The van der Waals surface area contributed by atoms with Gasteiger partial charge in [0.1, 0.15) is 36.5 Å². The van der Waals surface area contributed by atoms with Crippen molar-refractivity contribution in [2.75, 3.05) is 78.2 Å². The number of aromatic nitrogens is 4. The summed E-state index contributed by atoms with van der Waals surface area (Å²) in [6, 6.07) is 16.6. The molecule has 2 saturated heterocycles. The zero-order chi connectivity index (χ0) is 46.7. The fraction of sp³-hybridized carbons (Fsp3) is 0.348. The number of carbonyl (C=O) groups is 2. The van der Waals surface area contributed by atoms with Crippen LogP contribution < -0.4 is 40.2 Å². The summed E-state index contributed by atoms with van der Waals surface area (Å²) in [4.78, 5) is 44.6. The number of hydrogen-bond acceptors (Lipinski definition) is 14. The van der Waals surface area contributed by atoms with Crippen molar-refractivity contribution in [2.24, 2.45) is 0 Å². The minimum absolute atomic E-state index is 0.00161. The van der Waals surface area contributed by atoms with Gasteiger partial charge in [-0.05, 0) is 62.1 Å². The zero-order valence-electron chi connectivity index (χ0n) is 36.8. The summed E-state index contributed by atoms with van der Waals surface area (Å²) in [6.07, 6.45) is 5.87. The molecule has 66 heavy (non-hydrogen) atoms. The lowest BCUT2D eigenvalue weighted by atomic mass is 10.1. The molecule has 348 valence electrons. The first kappa shape index (κ1) is 47.6. The van der Waals surface area contributed by atoms with E-state index in [1.807, 2.05) is 0 Å². The van der Waals surface area contributed by atoms with E-state index in [0.717, 1.165) is 51.9 Å². The lowest BCUT2D eigenvalue weighted by Gasteiger charge is -2.31. The van der Waals surface area contributed by atoms with Gasteiger partial charge in [0.2, 0.25) is 11.8 Å². The third-order valence-electron chi connectivity index (χ3n) is 11.2. The number of fused-ring (bicyclic) bond motifs is 2. The maximum absolute atomic E-state index is 14.4. The quantitative estimate of drug-likeness (QED) is 0.0843. The molecule has 0 unspecified atom stereocenters. The van der Waals surface area contributed by atoms with Gasteiger partial charge in [-0.3, -0.25) is 19.4 Å². The largest absolute Gasteiger partial charge is 0.493 e. The zero-order valence-corrected chi connectivity index (χ0v) is 38.3. The number of anilines is 4. The van der Waals surface area contributed by atoms with Crippen LogP contribution in [-0.4, -0.2) is 121 Å². The van der Waals surface area contributed by atoms with Crippen molar-refractivity contribution in [3.63, 3.8) is 0 Å². The van der Waals surface area contributed by atoms with Gasteiger partial charge >= 0.3 is 0 Å². The van der Waals surface area contributed by atoms with Gasteiger partial charge in [-0.25, -0.2) is 28.7 Å². The first-order chi connectivity index (χ1) is 32.0. The third-order valence-corrected chi connectivity index (χ3v) is 11.8. The lowest BCUT2D eigenvalue weighted by Crippen LogP contribution is -2.43. The summed E-state index contributed by atoms with van der Waals surface area (Å²) in [5, 5.41) is 12.7. The number of amides is 2. The van der Waals surface area contributed by atoms with Gasteiger partial charge in [-0.1, -0.05) is 35.3 Å². The normalized spacial score (nSPS) is 14.8. The van der Waals surface area contributed by atoms with Crippen molar-refractivity contribution >= 4 is 79.8 Å². The minimum Gasteiger partial charge on any atom is -0.493 e. The Hall–Kier alpha value is -6.34. The second-order valence-corrected chi connectivity index (χ2v) is 16.3. The fourth-order valence-electron chi connectivity index (χ4n) is 7.58. The smallest absolute Gasteiger partial charge is 0.233 e. The number of hydrogen-bond donors (Lipinski definition) is 4. The molecule has 16 nitrogen and oxygen atoms in total. The van der Waals surface area contributed by atoms with Crippen LogP contribution in [0.1, 0.15) is 25.7 Å². The number of halogens is 4. The molecule has 2 aromatic heterocycles. The average molecular weight is 948 g/mol. The van der Waals surface area contributed by atoms with Crippen molar-refractivity contribution in [1.82, 2.24) is 40.4 Å². The highest BCUT2D eigenvalue weighted by molar-refractivity contribution is 6.31. The van der Waals surface area contributed by atoms with Gasteiger partial charge < -0.3 is 40.2 Å². The second kappa shape index (κ2) is 22.2. The third kappa shape index (κ3) is 11.7. The number of likely N-dealkylation sites (tertiary alicyclic amines) is 2. The predicted octanol–water partition coefficient (Wildman–Crippen LogP) is 7.53. The summed E-state index contributed by atoms with van der Waals surface area (Å²) < 4.78 is 52.5. The molecule has 2 fully saturated rings. The average Bonchev–Trinajstić information content (AvgIpc) is 3.33. The predicted molar refractivity (Wildman–Crippen MR) is 250 cm³/mol. The van der Waals surface area contributed by atoms with Crippen molar-refractivity contribution in [3.05, 3.63) is 95.0 Å². The van der Waals surface area contributed by atoms with E-state index in [4.69, 9.17) is 42.1 Å². The molecule has 2 aliphatic heterocycles. The summed E-state index contributed by atoms with van der Waals surface area (Å²) in [5.74, 6) is 1.95. The maximum atomic E-state index is 14.4. The van der Waals surface area contributed by atoms with E-state index in [1.165, 1.54) is 24.8 Å². The molecule has 0 radical (unpaired) electrons. The molecule has 4 N–H and O–H groups in total. The second-order valence-electron chi connectivity index (χ2n) is 15.5. The Bertz CT molecular complexity index is 2490. The van der Waals surface area contributed by atoms with Crippen LogP contribution in [0.2, 0.25) is 10.0 Å². The number of likely N-dealkylation sites (N-methyl/N-ethyl adjacent to an activating group) is 2. The molecule has 2 amide bonds. The number of ether oxygens (including phenoxy) is 4. The van der Waals surface area contributed by atoms with Gasteiger partial charge in [-0.2, -0.15) is 0 Å². The van der Waals surface area contributed by atoms with E-state index >= 15 is 0 Å². The van der Waals surface area contributed by atoms with Crippen LogP contribution in [-0.2, 0) is 9.59 Å². The first-order valence-electron chi connectivity index (χ1n) is 21.2. The Morgan fingerprint density at radius 1 is 0.621 bits per heavy atom. The minimum atomic E-state index is -0.556. The highest BCUT2D eigenvalue weighted by atomic mass is 35.5. The molecule has 0 atom stereocenters. The van der Waals surface area contributed by atoms with Crippen LogP contribution in [0.3, 0.4) is 0 Å². The lowest BCUT2D eigenvalue weighted by molar-refractivity contribution is -0.123. The van der Waals surface area contributed by atoms with E-state index in [0.29, 0.717) is 69.5 Å². The van der Waals surface area contributed by atoms with Gasteiger partial charge in [0.25, 0.3) is 0 Å². The Balaban J connectivity index is 0.000000196. The molecule has 0 aliphatic carbocycles. The van der Waals surface area contributed by atoms with Gasteiger partial charge in [0, 0.05) is 63.2 Å². The first-order valence-corrected chi connectivity index (χ1v) is 22.0. The van der Waals surface area contributed by atoms with Crippen LogP contribution in [0.5, 0.6) is 23.0 Å². The van der Waals surface area contributed by atoms with Gasteiger partial charge in [0.15, 0.2) is 34.6 Å². The van der Waals surface area contributed by atoms with Crippen LogP contribution in [0, 0.1) is 11.6 Å². The fourth-order valence-corrected chi connectivity index (χ4v) is 7.93. The van der Waals surface area contributed by atoms with Crippen LogP contribution in [0.25, 0.3) is 21.8 Å². The van der Waals surface area contributed by atoms with Gasteiger partial charge in [0.05, 0.1) is 59.8 Å². The molecule has 4 heterocycles. The SMILES string of the molecule is CNC(=O)CN1CCC(Oc2cc3c(Nc4cccc(Cl)c4F)ncnc3cc2OC)CC1.CNC(=O)CN1CCC(Oc2cc3c(Nc4cccc(Cl)c4F)ncnc3cc2OC)CC1. The van der Waals surface area contributed by atoms with E-state index in [9.17, 15) is 18.4 Å². The van der Waals surface area contributed by atoms with E-state index in [1.54, 1.807) is 76.8 Å². The number of piperidine rings is 2. The topological polar surface area (TPSA) is 177 Å². The molecular formula is C46H50Cl2F2N10O6. The molecule has 20 heteroatoms. The van der Waals surface area contributed by atoms with Crippen molar-refractivity contribution in [2.45, 2.75) is 37.9 Å². The maximum Gasteiger partial charge on any atom is 0.233 e. The number of rotatable bonds is 14. The Morgan fingerprint density at radius 2 is 1.02 bits per heavy atom. The van der Waals surface area contributed by atoms with Crippen LogP contribution >= 0.6 is 23.2 Å². The Morgan fingerprint density at radius 3 is 1.38 bits per heavy atom. The van der Waals surface area contributed by atoms with Crippen molar-refractivity contribution in [1.29, 1.82) is 0 Å². The number of nitrogens with zero attached hydrogens (tertiary/aromatic N) is 6. The van der Waals surface area contributed by atoms with E-state index < -0.39 is 11.6 Å².